The summed E-state index contributed by atoms with van der Waals surface area (Å²) >= 11 is 0. The second-order valence-corrected chi connectivity index (χ2v) is 3.16. The second-order valence-electron chi connectivity index (χ2n) is 3.16. The zero-order chi connectivity index (χ0) is 11.0. The maximum Gasteiger partial charge on any atom is 0.319 e. The molecule has 2 heterocycles. The molecule has 0 spiro atoms. The highest BCUT2D eigenvalue weighted by molar-refractivity contribution is 5.82. The lowest BCUT2D eigenvalue weighted by atomic mass is 10.3. The molecule has 0 radical (unpaired) electrons. The van der Waals surface area contributed by atoms with E-state index in [9.17, 15) is 8.78 Å². The van der Waals surface area contributed by atoms with E-state index in [1.165, 1.54) is 12.3 Å². The van der Waals surface area contributed by atoms with Gasteiger partial charge < -0.3 is 11.5 Å². The predicted molar refractivity (Wildman–Crippen MR) is 53.3 cm³/mol. The quantitative estimate of drug-likeness (QED) is 0.791. The van der Waals surface area contributed by atoms with Gasteiger partial charge in [-0.2, -0.15) is 8.78 Å². The fourth-order valence-corrected chi connectivity index (χ4v) is 1.58. The van der Waals surface area contributed by atoms with Gasteiger partial charge in [0.1, 0.15) is 5.82 Å². The third-order valence-corrected chi connectivity index (χ3v) is 2.23. The van der Waals surface area contributed by atoms with Gasteiger partial charge in [0.05, 0.1) is 5.52 Å². The third-order valence-electron chi connectivity index (χ3n) is 2.23. The molecule has 0 aliphatic heterocycles. The summed E-state index contributed by atoms with van der Waals surface area (Å²) in [6.07, 6.45) is 1.46. The van der Waals surface area contributed by atoms with Gasteiger partial charge in [-0.05, 0) is 6.07 Å². The maximum atomic E-state index is 12.8. The topological polar surface area (TPSA) is 69.9 Å². The summed E-state index contributed by atoms with van der Waals surface area (Å²) in [6.45, 7) is -2.57. The zero-order valence-electron chi connectivity index (χ0n) is 7.82. The van der Waals surface area contributed by atoms with Gasteiger partial charge in [-0.3, -0.25) is 4.57 Å². The number of anilines is 1. The molecule has 0 saturated carbocycles. The first-order valence-corrected chi connectivity index (χ1v) is 4.37. The minimum Gasteiger partial charge on any atom is -0.384 e. The number of rotatable bonds is 2. The number of nitrogens with zero attached hydrogens (tertiary/aromatic N) is 2. The third kappa shape index (κ3) is 1.52. The Balaban J connectivity index is 2.76. The minimum absolute atomic E-state index is 0.0545. The van der Waals surface area contributed by atoms with E-state index in [1.54, 1.807) is 6.07 Å². The number of nitrogens with two attached hydrogens (primary N) is 2. The highest BCUT2D eigenvalue weighted by Gasteiger charge is 2.15. The first-order chi connectivity index (χ1) is 7.13. The van der Waals surface area contributed by atoms with Crippen molar-refractivity contribution in [2.75, 3.05) is 5.73 Å². The van der Waals surface area contributed by atoms with Crippen molar-refractivity contribution < 1.29 is 8.78 Å². The lowest BCUT2D eigenvalue weighted by Gasteiger charge is -2.07. The Labute approximate surface area is 84.5 Å². The summed E-state index contributed by atoms with van der Waals surface area (Å²) in [6, 6.07) is 3.01. The number of halogens is 2. The summed E-state index contributed by atoms with van der Waals surface area (Å²) < 4.78 is 26.4. The number of nitrogen functional groups attached to an aromatic ring is 1. The normalized spacial score (nSPS) is 11.5. The summed E-state index contributed by atoms with van der Waals surface area (Å²) in [5.74, 6) is 0.214. The van der Waals surface area contributed by atoms with E-state index < -0.39 is 6.55 Å². The van der Waals surface area contributed by atoms with Gasteiger partial charge in [-0.1, -0.05) is 0 Å². The van der Waals surface area contributed by atoms with E-state index in [1.807, 2.05) is 0 Å². The summed E-state index contributed by atoms with van der Waals surface area (Å²) in [7, 11) is 0. The highest BCUT2D eigenvalue weighted by atomic mass is 19.3. The molecule has 2 aromatic heterocycles. The molecule has 2 aromatic rings. The molecule has 0 saturated heterocycles. The summed E-state index contributed by atoms with van der Waals surface area (Å²) in [4.78, 5) is 3.83. The first-order valence-electron chi connectivity index (χ1n) is 4.37. The maximum absolute atomic E-state index is 12.8. The Morgan fingerprint density at radius 2 is 2.13 bits per heavy atom. The predicted octanol–water partition coefficient (Wildman–Crippen LogP) is 1.47. The van der Waals surface area contributed by atoms with Crippen LogP contribution in [0, 0.1) is 0 Å². The molecule has 4 nitrogen and oxygen atoms in total. The highest BCUT2D eigenvalue weighted by Crippen LogP contribution is 2.26. The Kier molecular flexibility index (Phi) is 2.28. The Morgan fingerprint density at radius 1 is 1.40 bits per heavy atom. The molecule has 80 valence electrons. The van der Waals surface area contributed by atoms with Crippen LogP contribution in [0.5, 0.6) is 0 Å². The molecule has 0 unspecified atom stereocenters. The van der Waals surface area contributed by atoms with Crippen molar-refractivity contribution in [2.24, 2.45) is 5.73 Å². The molecule has 0 fully saturated rings. The van der Waals surface area contributed by atoms with E-state index in [2.05, 4.69) is 4.98 Å². The van der Waals surface area contributed by atoms with Crippen molar-refractivity contribution in [1.29, 1.82) is 0 Å². The Hall–Kier alpha value is -1.69. The van der Waals surface area contributed by atoms with E-state index in [-0.39, 0.29) is 12.4 Å². The van der Waals surface area contributed by atoms with Crippen LogP contribution in [0.4, 0.5) is 14.6 Å². The van der Waals surface area contributed by atoms with Crippen LogP contribution >= 0.6 is 0 Å². The summed E-state index contributed by atoms with van der Waals surface area (Å²) in [5.41, 5.74) is 11.6. The summed E-state index contributed by atoms with van der Waals surface area (Å²) in [5, 5.41) is 0.616. The molecule has 0 aliphatic rings. The molecule has 0 aromatic carbocycles. The van der Waals surface area contributed by atoms with Crippen molar-refractivity contribution in [3.05, 3.63) is 24.0 Å². The lowest BCUT2D eigenvalue weighted by Crippen LogP contribution is -2.07. The molecule has 0 aliphatic carbocycles. The smallest absolute Gasteiger partial charge is 0.319 e. The number of hydrogen-bond donors (Lipinski definition) is 2. The fourth-order valence-electron chi connectivity index (χ4n) is 1.58. The zero-order valence-corrected chi connectivity index (χ0v) is 7.82. The Morgan fingerprint density at radius 3 is 2.73 bits per heavy atom. The van der Waals surface area contributed by atoms with Crippen molar-refractivity contribution in [2.45, 2.75) is 13.1 Å². The van der Waals surface area contributed by atoms with Gasteiger partial charge in [0.2, 0.25) is 0 Å². The van der Waals surface area contributed by atoms with E-state index in [0.717, 1.165) is 4.57 Å². The molecule has 0 amide bonds. The van der Waals surface area contributed by atoms with Crippen LogP contribution in [0.2, 0.25) is 0 Å². The molecule has 2 rings (SSSR count). The van der Waals surface area contributed by atoms with Crippen LogP contribution in [0.1, 0.15) is 12.2 Å². The average molecular weight is 212 g/mol. The van der Waals surface area contributed by atoms with Gasteiger partial charge in [0.15, 0.2) is 0 Å². The molecule has 0 atom stereocenters. The molecule has 4 N–H and O–H groups in total. The number of fused-ring (bicyclic) bond motifs is 1. The van der Waals surface area contributed by atoms with Crippen LogP contribution in [-0.2, 0) is 6.54 Å². The largest absolute Gasteiger partial charge is 0.384 e. The van der Waals surface area contributed by atoms with Crippen molar-refractivity contribution in [3.8, 4) is 0 Å². The lowest BCUT2D eigenvalue weighted by molar-refractivity contribution is 0.0724. The average Bonchev–Trinajstić information content (AvgIpc) is 2.55. The van der Waals surface area contributed by atoms with Gasteiger partial charge in [-0.15, -0.1) is 0 Å². The van der Waals surface area contributed by atoms with Gasteiger partial charge in [0.25, 0.3) is 0 Å². The first kappa shape index (κ1) is 9.85. The van der Waals surface area contributed by atoms with Crippen molar-refractivity contribution in [1.82, 2.24) is 9.55 Å². The number of hydrogen-bond acceptors (Lipinski definition) is 3. The molecular formula is C9H10F2N4. The van der Waals surface area contributed by atoms with Crippen molar-refractivity contribution in [3.63, 3.8) is 0 Å². The van der Waals surface area contributed by atoms with Crippen LogP contribution < -0.4 is 11.5 Å². The number of alkyl halides is 2. The number of aromatic nitrogens is 2. The van der Waals surface area contributed by atoms with Crippen LogP contribution in [0.15, 0.2) is 18.3 Å². The second kappa shape index (κ2) is 3.47. The Bertz CT molecular complexity index is 492. The minimum atomic E-state index is -2.62. The SMILES string of the molecule is NCc1cc2cnc(N)cc2n1C(F)F. The van der Waals surface area contributed by atoms with E-state index in [0.29, 0.717) is 16.6 Å². The fraction of sp³-hybridized carbons (Fsp3) is 0.222. The van der Waals surface area contributed by atoms with Gasteiger partial charge >= 0.3 is 6.55 Å². The van der Waals surface area contributed by atoms with Crippen molar-refractivity contribution >= 4 is 16.7 Å². The van der Waals surface area contributed by atoms with Gasteiger partial charge in [0, 0.05) is 29.9 Å². The number of pyridine rings is 1. The van der Waals surface area contributed by atoms with Crippen LogP contribution in [0.3, 0.4) is 0 Å². The van der Waals surface area contributed by atoms with E-state index in [4.69, 9.17) is 11.5 Å². The van der Waals surface area contributed by atoms with Gasteiger partial charge in [-0.25, -0.2) is 4.98 Å². The van der Waals surface area contributed by atoms with E-state index >= 15 is 0 Å². The van der Waals surface area contributed by atoms with Crippen LogP contribution in [-0.4, -0.2) is 9.55 Å². The molecule has 15 heavy (non-hydrogen) atoms. The van der Waals surface area contributed by atoms with Crippen LogP contribution in [0.25, 0.3) is 10.9 Å². The molecular weight excluding hydrogens is 202 g/mol. The molecule has 6 heteroatoms. The monoisotopic (exact) mass is 212 g/mol. The molecule has 0 bridgehead atoms. The standard InChI is InChI=1S/C9H10F2N4/c10-9(11)15-6(3-12)1-5-4-14-8(13)2-7(5)15/h1-2,4,9H,3,12H2,(H2,13,14).